The molecule has 0 fully saturated rings. The van der Waals surface area contributed by atoms with E-state index in [9.17, 15) is 8.76 Å². The summed E-state index contributed by atoms with van der Waals surface area (Å²) in [6.45, 7) is 0.183. The molecule has 24 heavy (non-hydrogen) atoms. The molecule has 0 saturated heterocycles. The number of nitrogens with zero attached hydrogens (tertiary/aromatic N) is 3. The van der Waals surface area contributed by atoms with E-state index in [1.54, 1.807) is 37.1 Å². The summed E-state index contributed by atoms with van der Waals surface area (Å²) in [6.07, 6.45) is 0. The first kappa shape index (κ1) is 16.4. The second kappa shape index (κ2) is 6.95. The van der Waals surface area contributed by atoms with Crippen molar-refractivity contribution in [3.63, 3.8) is 0 Å². The van der Waals surface area contributed by atoms with E-state index in [2.05, 4.69) is 15.0 Å². The molecule has 1 heterocycles. The Labute approximate surface area is 140 Å². The Morgan fingerprint density at radius 3 is 2.75 bits per heavy atom. The lowest BCUT2D eigenvalue weighted by Gasteiger charge is -2.12. The van der Waals surface area contributed by atoms with Crippen LogP contribution >= 0.6 is 0 Å². The molecule has 0 amide bonds. The van der Waals surface area contributed by atoms with Gasteiger partial charge in [0.2, 0.25) is 0 Å². The number of methoxy groups -OCH3 is 2. The van der Waals surface area contributed by atoms with Gasteiger partial charge in [-0.2, -0.15) is 0 Å². The molecule has 0 saturated carbocycles. The molecule has 2 aromatic carbocycles. The predicted octanol–water partition coefficient (Wildman–Crippen LogP) is 1.32. The predicted molar refractivity (Wildman–Crippen MR) is 87.7 cm³/mol. The van der Waals surface area contributed by atoms with E-state index in [-0.39, 0.29) is 6.54 Å². The number of hydrogen-bond acceptors (Lipinski definition) is 6. The monoisotopic (exact) mass is 347 g/mol. The molecule has 8 nitrogen and oxygen atoms in total. The zero-order valence-corrected chi connectivity index (χ0v) is 13.9. The minimum Gasteiger partial charge on any atom is -0.760 e. The zero-order valence-electron chi connectivity index (χ0n) is 13.1. The Kier molecular flexibility index (Phi) is 4.74. The smallest absolute Gasteiger partial charge is 0.144 e. The lowest BCUT2D eigenvalue weighted by Crippen LogP contribution is -2.15. The molecule has 0 aliphatic rings. The van der Waals surface area contributed by atoms with E-state index < -0.39 is 11.3 Å². The Morgan fingerprint density at radius 1 is 1.21 bits per heavy atom. The van der Waals surface area contributed by atoms with Crippen molar-refractivity contribution in [1.82, 2.24) is 19.7 Å². The summed E-state index contributed by atoms with van der Waals surface area (Å²) < 4.78 is 35.8. The lowest BCUT2D eigenvalue weighted by molar-refractivity contribution is 0.411. The second-order valence-electron chi connectivity index (χ2n) is 4.92. The van der Waals surface area contributed by atoms with Crippen molar-refractivity contribution in [2.75, 3.05) is 14.2 Å². The number of rotatable bonds is 6. The molecule has 1 N–H and O–H groups in total. The summed E-state index contributed by atoms with van der Waals surface area (Å²) in [6, 6.07) is 10.9. The number of fused-ring (bicyclic) bond motifs is 1. The molecule has 0 spiro atoms. The minimum atomic E-state index is -2.31. The normalized spacial score (nSPS) is 12.3. The van der Waals surface area contributed by atoms with Crippen molar-refractivity contribution >= 4 is 22.3 Å². The molecule has 3 aromatic rings. The summed E-state index contributed by atoms with van der Waals surface area (Å²) in [5.41, 5.74) is 2.98. The molecule has 3 rings (SSSR count). The fourth-order valence-corrected chi connectivity index (χ4v) is 2.64. The summed E-state index contributed by atoms with van der Waals surface area (Å²) in [4.78, 5) is 0. The van der Waals surface area contributed by atoms with Crippen molar-refractivity contribution in [3.8, 4) is 17.2 Å². The molecular weight excluding hydrogens is 332 g/mol. The summed E-state index contributed by atoms with van der Waals surface area (Å²) in [5.74, 6) is 1.27. The minimum absolute atomic E-state index is 0.183. The zero-order chi connectivity index (χ0) is 17.1. The van der Waals surface area contributed by atoms with Crippen molar-refractivity contribution in [3.05, 3.63) is 42.0 Å². The molecule has 1 aromatic heterocycles. The average Bonchev–Trinajstić information content (AvgIpc) is 3.02. The Bertz CT molecular complexity index is 896. The first-order chi connectivity index (χ1) is 11.6. The standard InChI is InChI=1S/C15H16N4O4S/c1-22-11-4-6-13-12(8-11)17-18-19(13)14-5-3-10(7-15(14)23-2)9-16-24(20)21/h3-8,16H,9H2,1-2H3,(H,20,21)/p-1. The third-order valence-corrected chi connectivity index (χ3v) is 3.90. The van der Waals surface area contributed by atoms with Gasteiger partial charge in [-0.3, -0.25) is 4.21 Å². The van der Waals surface area contributed by atoms with Gasteiger partial charge in [0.05, 0.1) is 19.7 Å². The first-order valence-corrected chi connectivity index (χ1v) is 8.09. The van der Waals surface area contributed by atoms with Crippen LogP contribution in [0.5, 0.6) is 11.5 Å². The van der Waals surface area contributed by atoms with Crippen LogP contribution < -0.4 is 14.2 Å². The maximum atomic E-state index is 10.6. The number of nitrogens with one attached hydrogen (secondary N) is 1. The lowest BCUT2D eigenvalue weighted by atomic mass is 10.2. The molecule has 1 unspecified atom stereocenters. The second-order valence-corrected chi connectivity index (χ2v) is 5.68. The highest BCUT2D eigenvalue weighted by Gasteiger charge is 2.12. The van der Waals surface area contributed by atoms with Crippen LogP contribution in [0.3, 0.4) is 0 Å². The van der Waals surface area contributed by atoms with Crippen LogP contribution in [0.2, 0.25) is 0 Å². The number of ether oxygens (including phenoxy) is 2. The van der Waals surface area contributed by atoms with E-state index in [0.29, 0.717) is 22.7 Å². The highest BCUT2D eigenvalue weighted by Crippen LogP contribution is 2.27. The van der Waals surface area contributed by atoms with Crippen LogP contribution in [0.25, 0.3) is 16.7 Å². The molecule has 9 heteroatoms. The molecular formula is C15H15N4O4S-. The quantitative estimate of drug-likeness (QED) is 0.675. The van der Waals surface area contributed by atoms with E-state index >= 15 is 0 Å². The van der Waals surface area contributed by atoms with E-state index in [4.69, 9.17) is 9.47 Å². The number of aromatic nitrogens is 3. The van der Waals surface area contributed by atoms with Gasteiger partial charge >= 0.3 is 0 Å². The third-order valence-electron chi connectivity index (χ3n) is 3.52. The van der Waals surface area contributed by atoms with E-state index in [1.807, 2.05) is 18.2 Å². The Hall–Kier alpha value is -2.49. The molecule has 0 bridgehead atoms. The summed E-state index contributed by atoms with van der Waals surface area (Å²) >= 11 is -2.31. The van der Waals surface area contributed by atoms with Gasteiger partial charge in [-0.1, -0.05) is 11.3 Å². The fraction of sp³-hybridized carbons (Fsp3) is 0.200. The molecule has 0 aliphatic carbocycles. The van der Waals surface area contributed by atoms with Crippen LogP contribution in [0.4, 0.5) is 0 Å². The average molecular weight is 347 g/mol. The maximum absolute atomic E-state index is 10.6. The van der Waals surface area contributed by atoms with Crippen molar-refractivity contribution in [2.24, 2.45) is 0 Å². The highest BCUT2D eigenvalue weighted by atomic mass is 32.2. The topological polar surface area (TPSA) is 101 Å². The van der Waals surface area contributed by atoms with Gasteiger partial charge in [-0.15, -0.1) is 5.10 Å². The molecule has 126 valence electrons. The highest BCUT2D eigenvalue weighted by molar-refractivity contribution is 7.77. The summed E-state index contributed by atoms with van der Waals surface area (Å²) in [5, 5.41) is 8.31. The Balaban J connectivity index is 2.01. The van der Waals surface area contributed by atoms with Crippen molar-refractivity contribution < 1.29 is 18.2 Å². The summed E-state index contributed by atoms with van der Waals surface area (Å²) in [7, 11) is 3.14. The van der Waals surface area contributed by atoms with Crippen LogP contribution in [0, 0.1) is 0 Å². The molecule has 0 radical (unpaired) electrons. The van der Waals surface area contributed by atoms with Crippen LogP contribution in [0.1, 0.15) is 5.56 Å². The molecule has 1 atom stereocenters. The third kappa shape index (κ3) is 3.23. The molecule has 0 aliphatic heterocycles. The van der Waals surface area contributed by atoms with Crippen molar-refractivity contribution in [2.45, 2.75) is 6.54 Å². The SMILES string of the molecule is COc1ccc2c(c1)nnn2-c1ccc(CNS(=O)[O-])cc1OC. The van der Waals surface area contributed by atoms with Gasteiger partial charge in [0, 0.05) is 23.9 Å². The van der Waals surface area contributed by atoms with Crippen LogP contribution in [-0.4, -0.2) is 38.0 Å². The maximum Gasteiger partial charge on any atom is 0.144 e. The number of benzene rings is 2. The van der Waals surface area contributed by atoms with Gasteiger partial charge in [-0.05, 0) is 29.8 Å². The Morgan fingerprint density at radius 2 is 2.04 bits per heavy atom. The first-order valence-electron chi connectivity index (χ1n) is 7.02. The van der Waals surface area contributed by atoms with Gasteiger partial charge < -0.3 is 14.0 Å². The van der Waals surface area contributed by atoms with Gasteiger partial charge in [0.25, 0.3) is 0 Å². The number of hydrogen-bond donors (Lipinski definition) is 1. The van der Waals surface area contributed by atoms with Gasteiger partial charge in [0.1, 0.15) is 22.7 Å². The van der Waals surface area contributed by atoms with E-state index in [1.165, 1.54) is 0 Å². The van der Waals surface area contributed by atoms with Gasteiger partial charge in [-0.25, -0.2) is 9.40 Å². The van der Waals surface area contributed by atoms with Gasteiger partial charge in [0.15, 0.2) is 0 Å². The van der Waals surface area contributed by atoms with Crippen LogP contribution in [0.15, 0.2) is 36.4 Å². The fourth-order valence-electron chi connectivity index (χ4n) is 2.36. The van der Waals surface area contributed by atoms with Crippen LogP contribution in [-0.2, 0) is 17.8 Å². The van der Waals surface area contributed by atoms with E-state index in [0.717, 1.165) is 11.1 Å². The largest absolute Gasteiger partial charge is 0.760 e. The van der Waals surface area contributed by atoms with Crippen molar-refractivity contribution in [1.29, 1.82) is 0 Å².